The van der Waals surface area contributed by atoms with E-state index in [1.54, 1.807) is 24.3 Å². The van der Waals surface area contributed by atoms with E-state index in [-0.39, 0.29) is 29.8 Å². The summed E-state index contributed by atoms with van der Waals surface area (Å²) in [6, 6.07) is 6.90. The molecule has 0 aromatic heterocycles. The van der Waals surface area contributed by atoms with Gasteiger partial charge in [-0.3, -0.25) is 9.59 Å². The second-order valence-electron chi connectivity index (χ2n) is 6.84. The van der Waals surface area contributed by atoms with Crippen molar-refractivity contribution in [1.82, 2.24) is 0 Å². The maximum atomic E-state index is 12.4. The van der Waals surface area contributed by atoms with Crippen molar-refractivity contribution in [2.45, 2.75) is 27.7 Å². The van der Waals surface area contributed by atoms with Crippen molar-refractivity contribution < 1.29 is 14.3 Å². The van der Waals surface area contributed by atoms with E-state index in [0.717, 1.165) is 0 Å². The molecule has 2 rings (SSSR count). The van der Waals surface area contributed by atoms with Crippen molar-refractivity contribution >= 4 is 17.5 Å². The van der Waals surface area contributed by atoms with Gasteiger partial charge in [0.05, 0.1) is 5.92 Å². The summed E-state index contributed by atoms with van der Waals surface area (Å²) in [5.41, 5.74) is 6.95. The average Bonchev–Trinajstić information content (AvgIpc) is 2.98. The Hall–Kier alpha value is -2.30. The molecule has 124 valence electrons. The van der Waals surface area contributed by atoms with Gasteiger partial charge in [-0.05, 0) is 49.4 Å². The molecule has 0 heterocycles. The summed E-state index contributed by atoms with van der Waals surface area (Å²) >= 11 is 0. The van der Waals surface area contributed by atoms with Gasteiger partial charge in [-0.1, -0.05) is 25.5 Å². The summed E-state index contributed by atoms with van der Waals surface area (Å²) in [6.45, 7) is 8.17. The number of carbonyl (C=O) groups is 2. The van der Waals surface area contributed by atoms with Gasteiger partial charge >= 0.3 is 0 Å². The summed E-state index contributed by atoms with van der Waals surface area (Å²) in [7, 11) is 0. The average molecular weight is 316 g/mol. The molecule has 1 aromatic carbocycles. The van der Waals surface area contributed by atoms with Crippen LogP contribution in [-0.2, 0) is 9.59 Å². The minimum Gasteiger partial charge on any atom is -0.484 e. The molecule has 5 heteroatoms. The highest BCUT2D eigenvalue weighted by Crippen LogP contribution is 2.59. The van der Waals surface area contributed by atoms with Crippen molar-refractivity contribution in [1.29, 1.82) is 0 Å². The number of hydrogen-bond donors (Lipinski definition) is 2. The lowest BCUT2D eigenvalue weighted by molar-refractivity contribution is -0.120. The molecule has 2 amide bonds. The van der Waals surface area contributed by atoms with Crippen LogP contribution in [0.5, 0.6) is 5.75 Å². The summed E-state index contributed by atoms with van der Waals surface area (Å²) in [5, 5.41) is 2.94. The minimum atomic E-state index is -0.524. The van der Waals surface area contributed by atoms with Gasteiger partial charge in [0.25, 0.3) is 5.91 Å². The molecular formula is C18H24N2O3. The van der Waals surface area contributed by atoms with E-state index in [1.807, 2.05) is 13.8 Å². The van der Waals surface area contributed by atoms with Crippen LogP contribution in [0.3, 0.4) is 0 Å². The second kappa shape index (κ2) is 6.44. The molecule has 2 atom stereocenters. The summed E-state index contributed by atoms with van der Waals surface area (Å²) in [4.78, 5) is 23.1. The minimum absolute atomic E-state index is 0.00804. The van der Waals surface area contributed by atoms with Gasteiger partial charge in [-0.2, -0.15) is 0 Å². The zero-order valence-electron chi connectivity index (χ0n) is 14.1. The predicted molar refractivity (Wildman–Crippen MR) is 90.0 cm³/mol. The quantitative estimate of drug-likeness (QED) is 0.792. The summed E-state index contributed by atoms with van der Waals surface area (Å²) in [6.07, 6.45) is 2.17. The Bertz CT molecular complexity index is 628. The Morgan fingerprint density at radius 3 is 2.39 bits per heavy atom. The maximum Gasteiger partial charge on any atom is 0.255 e. The van der Waals surface area contributed by atoms with Crippen LogP contribution in [0.4, 0.5) is 5.69 Å². The number of hydrogen-bond acceptors (Lipinski definition) is 3. The standard InChI is InChI=1S/C18H24N2O3/c1-11(2)9-14-16(18(14,3)4)17(22)20-12-5-7-13(8-6-12)23-10-15(19)21/h5-9,14,16H,10H2,1-4H3,(H2,19,21)(H,20,22)/t14-,16-/m1/s1. The van der Waals surface area contributed by atoms with E-state index in [2.05, 4.69) is 25.2 Å². The van der Waals surface area contributed by atoms with Crippen LogP contribution in [0.1, 0.15) is 27.7 Å². The fourth-order valence-corrected chi connectivity index (χ4v) is 2.86. The first-order valence-electron chi connectivity index (χ1n) is 7.69. The Morgan fingerprint density at radius 2 is 1.87 bits per heavy atom. The number of ether oxygens (including phenoxy) is 1. The van der Waals surface area contributed by atoms with Gasteiger partial charge in [-0.25, -0.2) is 0 Å². The molecule has 1 aromatic rings. The monoisotopic (exact) mass is 316 g/mol. The summed E-state index contributed by atoms with van der Waals surface area (Å²) in [5.74, 6) is 0.316. The van der Waals surface area contributed by atoms with Crippen LogP contribution in [0.25, 0.3) is 0 Å². The molecule has 0 radical (unpaired) electrons. The fraction of sp³-hybridized carbons (Fsp3) is 0.444. The van der Waals surface area contributed by atoms with Crippen LogP contribution >= 0.6 is 0 Å². The normalized spacial score (nSPS) is 21.2. The lowest BCUT2D eigenvalue weighted by atomic mass is 10.1. The third-order valence-electron chi connectivity index (χ3n) is 4.21. The third-order valence-corrected chi connectivity index (χ3v) is 4.21. The number of primary amides is 1. The molecule has 1 saturated carbocycles. The number of allylic oxidation sites excluding steroid dienone is 2. The lowest BCUT2D eigenvalue weighted by Crippen LogP contribution is -2.20. The number of rotatable bonds is 6. The van der Waals surface area contributed by atoms with Crippen molar-refractivity contribution in [3.05, 3.63) is 35.9 Å². The first kappa shape index (κ1) is 17.1. The Balaban J connectivity index is 1.96. The molecule has 5 nitrogen and oxygen atoms in total. The Kier molecular flexibility index (Phi) is 4.78. The van der Waals surface area contributed by atoms with E-state index in [4.69, 9.17) is 10.5 Å². The molecule has 0 bridgehead atoms. The number of nitrogens with one attached hydrogen (secondary N) is 1. The van der Waals surface area contributed by atoms with Gasteiger partial charge < -0.3 is 15.8 Å². The van der Waals surface area contributed by atoms with E-state index >= 15 is 0 Å². The predicted octanol–water partition coefficient (Wildman–Crippen LogP) is 2.73. The zero-order valence-corrected chi connectivity index (χ0v) is 14.1. The molecule has 23 heavy (non-hydrogen) atoms. The van der Waals surface area contributed by atoms with Crippen LogP contribution < -0.4 is 15.8 Å². The number of nitrogens with two attached hydrogens (primary N) is 1. The number of anilines is 1. The first-order chi connectivity index (χ1) is 10.7. The molecule has 0 spiro atoms. The van der Waals surface area contributed by atoms with Gasteiger partial charge in [0, 0.05) is 5.69 Å². The van der Waals surface area contributed by atoms with E-state index in [9.17, 15) is 9.59 Å². The molecule has 0 saturated heterocycles. The molecule has 0 aliphatic heterocycles. The highest BCUT2D eigenvalue weighted by Gasteiger charge is 2.60. The topological polar surface area (TPSA) is 81.4 Å². The highest BCUT2D eigenvalue weighted by molar-refractivity contribution is 5.95. The van der Waals surface area contributed by atoms with Crippen molar-refractivity contribution in [3.8, 4) is 5.75 Å². The van der Waals surface area contributed by atoms with Crippen LogP contribution in [0.15, 0.2) is 35.9 Å². The van der Waals surface area contributed by atoms with Crippen molar-refractivity contribution in [2.24, 2.45) is 23.0 Å². The van der Waals surface area contributed by atoms with E-state index in [0.29, 0.717) is 11.4 Å². The third kappa shape index (κ3) is 4.12. The molecule has 1 aliphatic carbocycles. The van der Waals surface area contributed by atoms with Crippen LogP contribution in [0, 0.1) is 17.3 Å². The maximum absolute atomic E-state index is 12.4. The first-order valence-corrected chi connectivity index (χ1v) is 7.69. The molecular weight excluding hydrogens is 292 g/mol. The van der Waals surface area contributed by atoms with E-state index < -0.39 is 5.91 Å². The van der Waals surface area contributed by atoms with Crippen molar-refractivity contribution in [2.75, 3.05) is 11.9 Å². The smallest absolute Gasteiger partial charge is 0.255 e. The Morgan fingerprint density at radius 1 is 1.26 bits per heavy atom. The van der Waals surface area contributed by atoms with Gasteiger partial charge in [0.2, 0.25) is 5.91 Å². The zero-order chi connectivity index (χ0) is 17.2. The van der Waals surface area contributed by atoms with Crippen LogP contribution in [-0.4, -0.2) is 18.4 Å². The van der Waals surface area contributed by atoms with Gasteiger partial charge in [0.15, 0.2) is 6.61 Å². The van der Waals surface area contributed by atoms with Crippen LogP contribution in [0.2, 0.25) is 0 Å². The lowest BCUT2D eigenvalue weighted by Gasteiger charge is -2.08. The second-order valence-corrected chi connectivity index (χ2v) is 6.84. The van der Waals surface area contributed by atoms with Gasteiger partial charge in [0.1, 0.15) is 5.75 Å². The molecule has 1 aliphatic rings. The highest BCUT2D eigenvalue weighted by atomic mass is 16.5. The number of carbonyl (C=O) groups excluding carboxylic acids is 2. The number of benzene rings is 1. The van der Waals surface area contributed by atoms with E-state index in [1.165, 1.54) is 5.57 Å². The van der Waals surface area contributed by atoms with Gasteiger partial charge in [-0.15, -0.1) is 0 Å². The molecule has 1 fully saturated rings. The summed E-state index contributed by atoms with van der Waals surface area (Å²) < 4.78 is 5.19. The molecule has 0 unspecified atom stereocenters. The Labute approximate surface area is 136 Å². The fourth-order valence-electron chi connectivity index (χ4n) is 2.86. The van der Waals surface area contributed by atoms with Crippen molar-refractivity contribution in [3.63, 3.8) is 0 Å². The SMILES string of the molecule is CC(C)=C[C@@H]1[C@H](C(=O)Nc2ccc(OCC(N)=O)cc2)C1(C)C. The molecule has 3 N–H and O–H groups in total. The largest absolute Gasteiger partial charge is 0.484 e. The number of amides is 2.